The zero-order chi connectivity index (χ0) is 27.5. The molecule has 3 aromatic rings. The summed E-state index contributed by atoms with van der Waals surface area (Å²) in [4.78, 5) is 18.4. The van der Waals surface area contributed by atoms with Gasteiger partial charge in [0, 0.05) is 24.2 Å². The summed E-state index contributed by atoms with van der Waals surface area (Å²) in [5.41, 5.74) is -0.867. The molecular formula is C27H26ClF5N2O3. The van der Waals surface area contributed by atoms with Gasteiger partial charge in [-0.3, -0.25) is 14.7 Å². The molecule has 0 unspecified atom stereocenters. The number of fused-ring (bicyclic) bond motifs is 1. The zero-order valence-electron chi connectivity index (χ0n) is 20.3. The van der Waals surface area contributed by atoms with Crippen LogP contribution < -0.4 is 4.74 Å². The van der Waals surface area contributed by atoms with Gasteiger partial charge in [0.2, 0.25) is 0 Å². The van der Waals surface area contributed by atoms with E-state index in [1.165, 1.54) is 12.3 Å². The number of hydrogen-bond donors (Lipinski definition) is 1. The van der Waals surface area contributed by atoms with Crippen molar-refractivity contribution in [1.82, 2.24) is 9.88 Å². The number of benzene rings is 2. The SMILES string of the molecule is O=C(O)C1(CCCc2c(Cl)cnc3ccc(C(F)(F)F)cc23)CCN(CCOc2cc(F)ccc2F)CC1. The number of piperidine rings is 1. The number of ether oxygens (including phenoxy) is 1. The average molecular weight is 557 g/mol. The van der Waals surface area contributed by atoms with E-state index in [9.17, 15) is 31.9 Å². The van der Waals surface area contributed by atoms with E-state index in [2.05, 4.69) is 4.98 Å². The fraction of sp³-hybridized carbons (Fsp3) is 0.407. The number of carbonyl (C=O) groups is 1. The molecule has 204 valence electrons. The normalized spacial score (nSPS) is 16.1. The molecule has 0 atom stereocenters. The summed E-state index contributed by atoms with van der Waals surface area (Å²) in [6.45, 7) is 1.50. The lowest BCUT2D eigenvalue weighted by atomic mass is 9.74. The van der Waals surface area contributed by atoms with Gasteiger partial charge in [0.15, 0.2) is 11.6 Å². The largest absolute Gasteiger partial charge is 0.489 e. The average Bonchev–Trinajstić information content (AvgIpc) is 2.87. The number of nitrogens with zero attached hydrogens (tertiary/aromatic N) is 2. The van der Waals surface area contributed by atoms with Crippen LogP contribution in [0.1, 0.15) is 36.8 Å². The zero-order valence-corrected chi connectivity index (χ0v) is 21.1. The van der Waals surface area contributed by atoms with Crippen molar-refractivity contribution in [1.29, 1.82) is 0 Å². The molecule has 0 aliphatic carbocycles. The van der Waals surface area contributed by atoms with E-state index < -0.39 is 34.8 Å². The quantitative estimate of drug-likeness (QED) is 0.295. The van der Waals surface area contributed by atoms with Crippen molar-refractivity contribution in [2.24, 2.45) is 5.41 Å². The van der Waals surface area contributed by atoms with Crippen molar-refractivity contribution in [3.05, 3.63) is 70.4 Å². The third-order valence-corrected chi connectivity index (χ3v) is 7.49. The maximum absolute atomic E-state index is 13.7. The Bertz CT molecular complexity index is 1310. The predicted octanol–water partition coefficient (Wildman–Crippen LogP) is 6.75. The molecule has 0 spiro atoms. The van der Waals surface area contributed by atoms with Crippen molar-refractivity contribution in [2.75, 3.05) is 26.2 Å². The molecule has 38 heavy (non-hydrogen) atoms. The lowest BCUT2D eigenvalue weighted by Crippen LogP contribution is -2.45. The Morgan fingerprint density at radius 3 is 2.55 bits per heavy atom. The summed E-state index contributed by atoms with van der Waals surface area (Å²) in [5.74, 6) is -2.36. The standard InChI is InChI=1S/C27H26ClF5N2O3/c28-21-16-34-23-6-3-17(27(31,32)33)14-20(23)19(21)2-1-7-26(25(36)37)8-10-35(11-9-26)12-13-38-24-15-18(29)4-5-22(24)30/h3-6,14-16H,1-2,7-13H2,(H,36,37). The van der Waals surface area contributed by atoms with Gasteiger partial charge in [-0.15, -0.1) is 0 Å². The highest BCUT2D eigenvalue weighted by Crippen LogP contribution is 2.39. The van der Waals surface area contributed by atoms with Crippen molar-refractivity contribution < 1.29 is 36.6 Å². The minimum Gasteiger partial charge on any atom is -0.489 e. The van der Waals surface area contributed by atoms with Gasteiger partial charge in [-0.1, -0.05) is 11.6 Å². The number of halogens is 6. The fourth-order valence-corrected chi connectivity index (χ4v) is 5.15. The first kappa shape index (κ1) is 28.0. The van der Waals surface area contributed by atoms with Crippen LogP contribution in [0.5, 0.6) is 5.75 Å². The van der Waals surface area contributed by atoms with E-state index in [4.69, 9.17) is 16.3 Å². The number of alkyl halides is 3. The van der Waals surface area contributed by atoms with Crippen LogP contribution in [-0.2, 0) is 17.4 Å². The molecule has 0 saturated carbocycles. The molecule has 11 heteroatoms. The van der Waals surface area contributed by atoms with E-state index >= 15 is 0 Å². The highest BCUT2D eigenvalue weighted by atomic mass is 35.5. The van der Waals surface area contributed by atoms with Crippen LogP contribution in [0.25, 0.3) is 10.9 Å². The van der Waals surface area contributed by atoms with Crippen LogP contribution in [-0.4, -0.2) is 47.2 Å². The Kier molecular flexibility index (Phi) is 8.42. The minimum absolute atomic E-state index is 0.119. The molecule has 1 fully saturated rings. The molecule has 4 rings (SSSR count). The van der Waals surface area contributed by atoms with Gasteiger partial charge < -0.3 is 9.84 Å². The van der Waals surface area contributed by atoms with Gasteiger partial charge in [-0.05, 0) is 81.1 Å². The third kappa shape index (κ3) is 6.35. The number of likely N-dealkylation sites (tertiary alicyclic amines) is 1. The highest BCUT2D eigenvalue weighted by molar-refractivity contribution is 6.32. The molecule has 1 saturated heterocycles. The number of hydrogen-bond acceptors (Lipinski definition) is 4. The van der Waals surface area contributed by atoms with E-state index in [1.54, 1.807) is 0 Å². The minimum atomic E-state index is -4.51. The van der Waals surface area contributed by atoms with Crippen molar-refractivity contribution in [2.45, 2.75) is 38.3 Å². The number of aliphatic carboxylic acids is 1. The second-order valence-corrected chi connectivity index (χ2v) is 9.93. The van der Waals surface area contributed by atoms with E-state index in [0.29, 0.717) is 68.2 Å². The molecule has 2 aromatic carbocycles. The van der Waals surface area contributed by atoms with Crippen LogP contribution in [0.4, 0.5) is 22.0 Å². The van der Waals surface area contributed by atoms with Crippen LogP contribution in [0, 0.1) is 17.0 Å². The molecule has 2 heterocycles. The van der Waals surface area contributed by atoms with Crippen LogP contribution >= 0.6 is 11.6 Å². The molecule has 5 nitrogen and oxygen atoms in total. The Morgan fingerprint density at radius 2 is 1.87 bits per heavy atom. The summed E-state index contributed by atoms with van der Waals surface area (Å²) in [6.07, 6.45) is -1.30. The van der Waals surface area contributed by atoms with Crippen LogP contribution in [0.3, 0.4) is 0 Å². The topological polar surface area (TPSA) is 62.7 Å². The first-order valence-corrected chi connectivity index (χ1v) is 12.5. The van der Waals surface area contributed by atoms with E-state index in [-0.39, 0.29) is 17.4 Å². The highest BCUT2D eigenvalue weighted by Gasteiger charge is 2.41. The van der Waals surface area contributed by atoms with E-state index in [0.717, 1.165) is 30.3 Å². The van der Waals surface area contributed by atoms with Crippen molar-refractivity contribution >= 4 is 28.5 Å². The van der Waals surface area contributed by atoms with Crippen LogP contribution in [0.15, 0.2) is 42.6 Å². The van der Waals surface area contributed by atoms with Gasteiger partial charge >= 0.3 is 12.1 Å². The summed E-state index contributed by atoms with van der Waals surface area (Å²) < 4.78 is 72.1. The smallest absolute Gasteiger partial charge is 0.416 e. The first-order valence-electron chi connectivity index (χ1n) is 12.2. The Balaban J connectivity index is 1.36. The van der Waals surface area contributed by atoms with Crippen LogP contribution in [0.2, 0.25) is 5.02 Å². The van der Waals surface area contributed by atoms with Gasteiger partial charge in [0.25, 0.3) is 0 Å². The van der Waals surface area contributed by atoms with Gasteiger partial charge in [-0.2, -0.15) is 13.2 Å². The lowest BCUT2D eigenvalue weighted by Gasteiger charge is -2.39. The van der Waals surface area contributed by atoms with E-state index in [1.807, 2.05) is 4.90 Å². The molecule has 0 radical (unpaired) electrons. The monoisotopic (exact) mass is 556 g/mol. The van der Waals surface area contributed by atoms with Gasteiger partial charge in [0.05, 0.1) is 21.5 Å². The summed E-state index contributed by atoms with van der Waals surface area (Å²) in [7, 11) is 0. The van der Waals surface area contributed by atoms with Crippen molar-refractivity contribution in [3.63, 3.8) is 0 Å². The number of pyridine rings is 1. The van der Waals surface area contributed by atoms with Gasteiger partial charge in [-0.25, -0.2) is 8.78 Å². The van der Waals surface area contributed by atoms with Gasteiger partial charge in [0.1, 0.15) is 12.4 Å². The Hall–Kier alpha value is -2.98. The second kappa shape index (κ2) is 11.4. The summed E-state index contributed by atoms with van der Waals surface area (Å²) >= 11 is 6.30. The lowest BCUT2D eigenvalue weighted by molar-refractivity contribution is -0.152. The number of aryl methyl sites for hydroxylation is 1. The first-order chi connectivity index (χ1) is 18.0. The molecule has 1 aliphatic heterocycles. The molecule has 0 amide bonds. The molecule has 1 N–H and O–H groups in total. The second-order valence-electron chi connectivity index (χ2n) is 9.52. The van der Waals surface area contributed by atoms with Crippen molar-refractivity contribution in [3.8, 4) is 5.75 Å². The number of aromatic nitrogens is 1. The predicted molar refractivity (Wildman–Crippen MR) is 132 cm³/mol. The number of carboxylic acid groups (broad SMARTS) is 1. The number of carboxylic acids is 1. The molecular weight excluding hydrogens is 531 g/mol. The molecule has 1 aromatic heterocycles. The fourth-order valence-electron chi connectivity index (χ4n) is 4.91. The Morgan fingerprint density at radius 1 is 1.13 bits per heavy atom. The summed E-state index contributed by atoms with van der Waals surface area (Å²) in [5, 5.41) is 10.6. The number of rotatable bonds is 9. The summed E-state index contributed by atoms with van der Waals surface area (Å²) in [6, 6.07) is 6.28. The molecule has 0 bridgehead atoms. The maximum atomic E-state index is 13.7. The Labute approximate surface area is 221 Å². The maximum Gasteiger partial charge on any atom is 0.416 e. The third-order valence-electron chi connectivity index (χ3n) is 7.16. The molecule has 1 aliphatic rings.